The highest BCUT2D eigenvalue weighted by atomic mass is 16.5. The maximum absolute atomic E-state index is 5.85. The molecule has 26 heavy (non-hydrogen) atoms. The van der Waals surface area contributed by atoms with Gasteiger partial charge in [0.25, 0.3) is 0 Å². The third kappa shape index (κ3) is 3.58. The predicted octanol–water partition coefficient (Wildman–Crippen LogP) is 5.44. The average molecular weight is 350 g/mol. The van der Waals surface area contributed by atoms with Gasteiger partial charge < -0.3 is 4.74 Å². The molecule has 138 valence electrons. The molecule has 2 heteroatoms. The highest BCUT2D eigenvalue weighted by Crippen LogP contribution is 2.46. The Morgan fingerprint density at radius 3 is 2.62 bits per heavy atom. The van der Waals surface area contributed by atoms with Crippen molar-refractivity contribution in [2.24, 2.45) is 5.41 Å². The van der Waals surface area contributed by atoms with E-state index < -0.39 is 0 Å². The Morgan fingerprint density at radius 1 is 1.04 bits per heavy atom. The number of hydrogen-bond acceptors (Lipinski definition) is 2. The summed E-state index contributed by atoms with van der Waals surface area (Å²) in [5, 5.41) is 0. The van der Waals surface area contributed by atoms with E-state index in [1.54, 1.807) is 0 Å². The number of benzene rings is 2. The van der Waals surface area contributed by atoms with Crippen molar-refractivity contribution in [3.8, 4) is 11.1 Å². The lowest BCUT2D eigenvalue weighted by atomic mass is 9.76. The molecule has 2 aromatic rings. The average Bonchev–Trinajstić information content (AvgIpc) is 3.04. The Hall–Kier alpha value is -1.64. The molecule has 0 amide bonds. The summed E-state index contributed by atoms with van der Waals surface area (Å²) < 4.78 is 5.85. The van der Waals surface area contributed by atoms with Crippen LogP contribution in [0.1, 0.15) is 43.2 Å². The molecule has 2 fully saturated rings. The minimum Gasteiger partial charge on any atom is -0.381 e. The van der Waals surface area contributed by atoms with Crippen LogP contribution in [0.3, 0.4) is 0 Å². The van der Waals surface area contributed by atoms with E-state index >= 15 is 0 Å². The molecule has 0 bridgehead atoms. The molecule has 0 unspecified atom stereocenters. The molecule has 2 aromatic carbocycles. The number of nitrogens with zero attached hydrogens (tertiary/aromatic N) is 1. The van der Waals surface area contributed by atoms with Crippen molar-refractivity contribution in [3.05, 3.63) is 59.7 Å². The van der Waals surface area contributed by atoms with Crippen LogP contribution in [-0.2, 0) is 11.3 Å². The summed E-state index contributed by atoms with van der Waals surface area (Å²) in [5.74, 6) is 0. The van der Waals surface area contributed by atoms with Gasteiger partial charge in [0, 0.05) is 25.6 Å². The van der Waals surface area contributed by atoms with Crippen LogP contribution in [0.2, 0.25) is 0 Å². The fraction of sp³-hybridized carbons (Fsp3) is 0.500. The summed E-state index contributed by atoms with van der Waals surface area (Å²) in [5.41, 5.74) is 5.76. The molecule has 1 heterocycles. The Labute approximate surface area is 158 Å². The first-order valence-electron chi connectivity index (χ1n) is 10.1. The van der Waals surface area contributed by atoms with E-state index in [0.717, 1.165) is 6.54 Å². The van der Waals surface area contributed by atoms with E-state index in [0.29, 0.717) is 11.5 Å². The normalized spacial score (nSPS) is 26.5. The van der Waals surface area contributed by atoms with Crippen molar-refractivity contribution >= 4 is 0 Å². The highest BCUT2D eigenvalue weighted by molar-refractivity contribution is 5.64. The third-order valence-electron chi connectivity index (χ3n) is 6.51. The van der Waals surface area contributed by atoms with Crippen LogP contribution in [0.25, 0.3) is 11.1 Å². The first-order valence-corrected chi connectivity index (χ1v) is 10.1. The molecule has 1 saturated heterocycles. The van der Waals surface area contributed by atoms with Gasteiger partial charge in [-0.25, -0.2) is 0 Å². The van der Waals surface area contributed by atoms with E-state index in [4.69, 9.17) is 4.74 Å². The van der Waals surface area contributed by atoms with Gasteiger partial charge in [-0.05, 0) is 55.8 Å². The summed E-state index contributed by atoms with van der Waals surface area (Å²) in [7, 11) is 1.90. The molecule has 2 atom stereocenters. The van der Waals surface area contributed by atoms with Crippen LogP contribution >= 0.6 is 0 Å². The van der Waals surface area contributed by atoms with Gasteiger partial charge in [0.1, 0.15) is 0 Å². The zero-order valence-electron chi connectivity index (χ0n) is 16.2. The first-order chi connectivity index (χ1) is 12.7. The lowest BCUT2D eigenvalue weighted by Gasteiger charge is -2.43. The fourth-order valence-corrected chi connectivity index (χ4v) is 5.22. The highest BCUT2D eigenvalue weighted by Gasteiger charge is 2.45. The lowest BCUT2D eigenvalue weighted by Crippen LogP contribution is -2.47. The van der Waals surface area contributed by atoms with Gasteiger partial charge in [0.15, 0.2) is 0 Å². The zero-order chi connectivity index (χ0) is 18.0. The van der Waals surface area contributed by atoms with Crippen molar-refractivity contribution in [2.45, 2.75) is 51.7 Å². The van der Waals surface area contributed by atoms with Gasteiger partial charge in [-0.1, -0.05) is 60.5 Å². The summed E-state index contributed by atoms with van der Waals surface area (Å²) in [4.78, 5) is 2.66. The van der Waals surface area contributed by atoms with E-state index in [2.05, 4.69) is 60.4 Å². The minimum atomic E-state index is 0.411. The summed E-state index contributed by atoms with van der Waals surface area (Å²) in [6.45, 7) is 5.63. The quantitative estimate of drug-likeness (QED) is 0.728. The molecular weight excluding hydrogens is 318 g/mol. The zero-order valence-corrected chi connectivity index (χ0v) is 16.2. The standard InChI is InChI=1S/C24H31NO/c1-19-6-3-7-22(16-19)21-11-9-20(10-12-21)17-25-15-5-14-24(18-25)13-4-8-23(24)26-2/h3,6-7,9-12,16,23H,4-5,8,13-15,17-18H2,1-2H3/t23-,24-/m1/s1. The number of methoxy groups -OCH3 is 1. The monoisotopic (exact) mass is 349 g/mol. The third-order valence-corrected chi connectivity index (χ3v) is 6.51. The Bertz CT molecular complexity index is 738. The fourth-order valence-electron chi connectivity index (χ4n) is 5.22. The molecule has 0 aromatic heterocycles. The van der Waals surface area contributed by atoms with Gasteiger partial charge in [-0.2, -0.15) is 0 Å². The molecule has 2 nitrogen and oxygen atoms in total. The molecule has 0 N–H and O–H groups in total. The van der Waals surface area contributed by atoms with Crippen LogP contribution in [0.15, 0.2) is 48.5 Å². The molecule has 0 radical (unpaired) electrons. The number of aryl methyl sites for hydroxylation is 1. The Morgan fingerprint density at radius 2 is 1.85 bits per heavy atom. The van der Waals surface area contributed by atoms with Gasteiger partial charge in [0.05, 0.1) is 6.10 Å². The topological polar surface area (TPSA) is 12.5 Å². The first kappa shape index (κ1) is 17.8. The summed E-state index contributed by atoms with van der Waals surface area (Å²) in [6.07, 6.45) is 7.03. The number of hydrogen-bond donors (Lipinski definition) is 0. The van der Waals surface area contributed by atoms with Crippen LogP contribution in [-0.4, -0.2) is 31.2 Å². The maximum atomic E-state index is 5.85. The molecule has 1 spiro atoms. The van der Waals surface area contributed by atoms with Crippen molar-refractivity contribution in [1.82, 2.24) is 4.90 Å². The second-order valence-electron chi connectivity index (χ2n) is 8.36. The van der Waals surface area contributed by atoms with Crippen LogP contribution in [0.4, 0.5) is 0 Å². The molecule has 1 saturated carbocycles. The second kappa shape index (κ2) is 7.54. The van der Waals surface area contributed by atoms with Gasteiger partial charge in [0.2, 0.25) is 0 Å². The van der Waals surface area contributed by atoms with E-state index in [9.17, 15) is 0 Å². The Kier molecular flexibility index (Phi) is 5.15. The van der Waals surface area contributed by atoms with Gasteiger partial charge in [-0.15, -0.1) is 0 Å². The Balaban J connectivity index is 1.44. The van der Waals surface area contributed by atoms with Crippen LogP contribution < -0.4 is 0 Å². The van der Waals surface area contributed by atoms with Crippen molar-refractivity contribution < 1.29 is 4.74 Å². The smallest absolute Gasteiger partial charge is 0.0639 e. The van der Waals surface area contributed by atoms with Crippen molar-refractivity contribution in [3.63, 3.8) is 0 Å². The molecule has 4 rings (SSSR count). The number of ether oxygens (including phenoxy) is 1. The van der Waals surface area contributed by atoms with Crippen LogP contribution in [0, 0.1) is 12.3 Å². The van der Waals surface area contributed by atoms with Gasteiger partial charge >= 0.3 is 0 Å². The maximum Gasteiger partial charge on any atom is 0.0639 e. The largest absolute Gasteiger partial charge is 0.381 e. The molecule has 2 aliphatic rings. The number of piperidine rings is 1. The van der Waals surface area contributed by atoms with Gasteiger partial charge in [-0.3, -0.25) is 4.90 Å². The van der Waals surface area contributed by atoms with E-state index in [-0.39, 0.29) is 0 Å². The predicted molar refractivity (Wildman–Crippen MR) is 108 cm³/mol. The molecule has 1 aliphatic heterocycles. The number of likely N-dealkylation sites (tertiary alicyclic amines) is 1. The second-order valence-corrected chi connectivity index (χ2v) is 8.36. The molecule has 1 aliphatic carbocycles. The minimum absolute atomic E-state index is 0.411. The van der Waals surface area contributed by atoms with E-state index in [1.165, 1.54) is 67.4 Å². The van der Waals surface area contributed by atoms with Crippen LogP contribution in [0.5, 0.6) is 0 Å². The summed E-state index contributed by atoms with van der Waals surface area (Å²) in [6, 6.07) is 17.9. The van der Waals surface area contributed by atoms with Crippen molar-refractivity contribution in [1.29, 1.82) is 0 Å². The van der Waals surface area contributed by atoms with E-state index in [1.807, 2.05) is 7.11 Å². The van der Waals surface area contributed by atoms with Crippen molar-refractivity contribution in [2.75, 3.05) is 20.2 Å². The lowest BCUT2D eigenvalue weighted by molar-refractivity contribution is -0.0366. The number of rotatable bonds is 4. The summed E-state index contributed by atoms with van der Waals surface area (Å²) >= 11 is 0. The SMILES string of the molecule is CO[C@@H]1CCC[C@]12CCCN(Cc1ccc(-c3cccc(C)c3)cc1)C2. The molecular formula is C24H31NO.